The van der Waals surface area contributed by atoms with Crippen LogP contribution < -0.4 is 5.73 Å². The number of fused-ring (bicyclic) bond motifs is 1. The van der Waals surface area contributed by atoms with Crippen LogP contribution in [0.1, 0.15) is 17.2 Å². The molecule has 1 aliphatic rings. The van der Waals surface area contributed by atoms with Crippen molar-refractivity contribution in [1.29, 1.82) is 0 Å². The first-order valence-electron chi connectivity index (χ1n) is 5.86. The summed E-state index contributed by atoms with van der Waals surface area (Å²) in [6, 6.07) is 17.4. The van der Waals surface area contributed by atoms with Crippen LogP contribution >= 0.6 is 11.8 Å². The maximum atomic E-state index is 6.17. The molecule has 3 rings (SSSR count). The van der Waals surface area contributed by atoms with Crippen LogP contribution in [0.4, 0.5) is 0 Å². The second-order valence-electron chi connectivity index (χ2n) is 4.40. The number of hydrogen-bond acceptors (Lipinski definition) is 2. The molecule has 1 heterocycles. The average Bonchev–Trinajstić information content (AvgIpc) is 2.40. The van der Waals surface area contributed by atoms with Gasteiger partial charge in [0.15, 0.2) is 0 Å². The van der Waals surface area contributed by atoms with Gasteiger partial charge >= 0.3 is 0 Å². The molecule has 0 saturated heterocycles. The molecule has 0 amide bonds. The zero-order chi connectivity index (χ0) is 11.7. The highest BCUT2D eigenvalue weighted by Gasteiger charge is 2.17. The standard InChI is InChI=1S/C15H15NS/c16-15-10-17-9-13-7-6-12(8-14(13)15)11-4-2-1-3-5-11/h1-8,15H,9-10,16H2. The lowest BCUT2D eigenvalue weighted by Gasteiger charge is -2.22. The van der Waals surface area contributed by atoms with Crippen LogP contribution in [-0.4, -0.2) is 5.75 Å². The maximum absolute atomic E-state index is 6.17. The van der Waals surface area contributed by atoms with Gasteiger partial charge in [0, 0.05) is 17.5 Å². The molecule has 2 heteroatoms. The zero-order valence-electron chi connectivity index (χ0n) is 9.60. The van der Waals surface area contributed by atoms with Crippen molar-refractivity contribution in [2.45, 2.75) is 11.8 Å². The molecule has 1 nitrogen and oxygen atoms in total. The minimum Gasteiger partial charge on any atom is -0.323 e. The highest BCUT2D eigenvalue weighted by molar-refractivity contribution is 7.98. The molecule has 86 valence electrons. The average molecular weight is 241 g/mol. The highest BCUT2D eigenvalue weighted by atomic mass is 32.2. The summed E-state index contributed by atoms with van der Waals surface area (Å²) in [6.07, 6.45) is 0. The van der Waals surface area contributed by atoms with E-state index >= 15 is 0 Å². The Balaban J connectivity index is 2.06. The Labute approximate surface area is 106 Å². The molecule has 2 N–H and O–H groups in total. The van der Waals surface area contributed by atoms with Crippen molar-refractivity contribution in [1.82, 2.24) is 0 Å². The van der Waals surface area contributed by atoms with Crippen LogP contribution in [0.3, 0.4) is 0 Å². The van der Waals surface area contributed by atoms with Crippen LogP contribution in [0.2, 0.25) is 0 Å². The van der Waals surface area contributed by atoms with Gasteiger partial charge in [-0.15, -0.1) is 0 Å². The van der Waals surface area contributed by atoms with E-state index in [0.717, 1.165) is 11.5 Å². The molecule has 0 spiro atoms. The van der Waals surface area contributed by atoms with Crippen LogP contribution in [0.15, 0.2) is 48.5 Å². The summed E-state index contributed by atoms with van der Waals surface area (Å²) in [5.41, 5.74) is 11.4. The molecule has 0 saturated carbocycles. The Morgan fingerprint density at radius 2 is 1.82 bits per heavy atom. The molecule has 0 fully saturated rings. The molecule has 0 aromatic heterocycles. The SMILES string of the molecule is NC1CSCc2ccc(-c3ccccc3)cc21. The van der Waals surface area contributed by atoms with Gasteiger partial charge in [0.25, 0.3) is 0 Å². The van der Waals surface area contributed by atoms with Crippen molar-refractivity contribution >= 4 is 11.8 Å². The van der Waals surface area contributed by atoms with Gasteiger partial charge in [-0.25, -0.2) is 0 Å². The van der Waals surface area contributed by atoms with Gasteiger partial charge < -0.3 is 5.73 Å². The Bertz CT molecular complexity index is 522. The lowest BCUT2D eigenvalue weighted by molar-refractivity contribution is 0.810. The Morgan fingerprint density at radius 1 is 1.00 bits per heavy atom. The summed E-state index contributed by atoms with van der Waals surface area (Å²) < 4.78 is 0. The molecule has 0 bridgehead atoms. The second kappa shape index (κ2) is 4.55. The Morgan fingerprint density at radius 3 is 2.65 bits per heavy atom. The molecule has 1 aliphatic heterocycles. The largest absolute Gasteiger partial charge is 0.323 e. The maximum Gasteiger partial charge on any atom is 0.0390 e. The highest BCUT2D eigenvalue weighted by Crippen LogP contribution is 2.33. The first-order valence-corrected chi connectivity index (χ1v) is 7.01. The minimum absolute atomic E-state index is 0.187. The van der Waals surface area contributed by atoms with E-state index in [2.05, 4.69) is 42.5 Å². The molecule has 17 heavy (non-hydrogen) atoms. The van der Waals surface area contributed by atoms with E-state index in [0.29, 0.717) is 0 Å². The van der Waals surface area contributed by atoms with Crippen LogP contribution in [-0.2, 0) is 5.75 Å². The molecule has 1 atom stereocenters. The molecule has 2 aromatic carbocycles. The lowest BCUT2D eigenvalue weighted by atomic mass is 9.96. The third-order valence-electron chi connectivity index (χ3n) is 3.21. The third kappa shape index (κ3) is 2.11. The monoisotopic (exact) mass is 241 g/mol. The summed E-state index contributed by atoms with van der Waals surface area (Å²) in [5.74, 6) is 2.13. The summed E-state index contributed by atoms with van der Waals surface area (Å²) in [5, 5.41) is 0. The van der Waals surface area contributed by atoms with Crippen LogP contribution in [0.5, 0.6) is 0 Å². The summed E-state index contributed by atoms with van der Waals surface area (Å²) in [6.45, 7) is 0. The minimum atomic E-state index is 0.187. The number of benzene rings is 2. The molecular weight excluding hydrogens is 226 g/mol. The fourth-order valence-corrected chi connectivity index (χ4v) is 3.30. The van der Waals surface area contributed by atoms with E-state index in [1.54, 1.807) is 0 Å². The van der Waals surface area contributed by atoms with Gasteiger partial charge in [0.05, 0.1) is 0 Å². The van der Waals surface area contributed by atoms with Crippen molar-refractivity contribution in [3.63, 3.8) is 0 Å². The van der Waals surface area contributed by atoms with Crippen molar-refractivity contribution in [3.8, 4) is 11.1 Å². The number of rotatable bonds is 1. The lowest BCUT2D eigenvalue weighted by Crippen LogP contribution is -2.18. The van der Waals surface area contributed by atoms with Crippen molar-refractivity contribution in [3.05, 3.63) is 59.7 Å². The van der Waals surface area contributed by atoms with Crippen molar-refractivity contribution in [2.24, 2.45) is 5.73 Å². The summed E-state index contributed by atoms with van der Waals surface area (Å²) >= 11 is 1.92. The quantitative estimate of drug-likeness (QED) is 0.825. The normalized spacial score (nSPS) is 18.8. The van der Waals surface area contributed by atoms with E-state index < -0.39 is 0 Å². The summed E-state index contributed by atoms with van der Waals surface area (Å²) in [7, 11) is 0. The van der Waals surface area contributed by atoms with Gasteiger partial charge in [-0.1, -0.05) is 42.5 Å². The predicted octanol–water partition coefficient (Wildman–Crippen LogP) is 3.60. The van der Waals surface area contributed by atoms with Gasteiger partial charge in [0.1, 0.15) is 0 Å². The van der Waals surface area contributed by atoms with Crippen LogP contribution in [0.25, 0.3) is 11.1 Å². The smallest absolute Gasteiger partial charge is 0.0390 e. The van der Waals surface area contributed by atoms with E-state index in [9.17, 15) is 0 Å². The molecular formula is C15H15NS. The van der Waals surface area contributed by atoms with Crippen LogP contribution in [0, 0.1) is 0 Å². The molecule has 0 radical (unpaired) electrons. The van der Waals surface area contributed by atoms with Crippen molar-refractivity contribution < 1.29 is 0 Å². The molecule has 1 unspecified atom stereocenters. The zero-order valence-corrected chi connectivity index (χ0v) is 10.4. The summed E-state index contributed by atoms with van der Waals surface area (Å²) in [4.78, 5) is 0. The third-order valence-corrected chi connectivity index (χ3v) is 4.32. The fraction of sp³-hybridized carbons (Fsp3) is 0.200. The number of thioether (sulfide) groups is 1. The van der Waals surface area contributed by atoms with E-state index in [4.69, 9.17) is 5.73 Å². The van der Waals surface area contributed by atoms with Gasteiger partial charge in [-0.05, 0) is 28.3 Å². The number of hydrogen-bond donors (Lipinski definition) is 1. The van der Waals surface area contributed by atoms with E-state index in [-0.39, 0.29) is 6.04 Å². The van der Waals surface area contributed by atoms with E-state index in [1.807, 2.05) is 17.8 Å². The fourth-order valence-electron chi connectivity index (χ4n) is 2.27. The first kappa shape index (κ1) is 10.9. The predicted molar refractivity (Wildman–Crippen MR) is 75.0 cm³/mol. The van der Waals surface area contributed by atoms with Gasteiger partial charge in [-0.3, -0.25) is 0 Å². The Kier molecular flexibility index (Phi) is 2.91. The second-order valence-corrected chi connectivity index (χ2v) is 5.43. The van der Waals surface area contributed by atoms with Gasteiger partial charge in [-0.2, -0.15) is 11.8 Å². The molecule has 0 aliphatic carbocycles. The topological polar surface area (TPSA) is 26.0 Å². The van der Waals surface area contributed by atoms with Gasteiger partial charge in [0.2, 0.25) is 0 Å². The Hall–Kier alpha value is -1.25. The first-order chi connectivity index (χ1) is 8.34. The van der Waals surface area contributed by atoms with Crippen molar-refractivity contribution in [2.75, 3.05) is 5.75 Å². The number of nitrogens with two attached hydrogens (primary N) is 1. The molecule has 2 aromatic rings. The van der Waals surface area contributed by atoms with E-state index in [1.165, 1.54) is 22.3 Å².